The molecular formula is C20H22FN5O2. The highest BCUT2D eigenvalue weighted by Crippen LogP contribution is 2.39. The van der Waals surface area contributed by atoms with Crippen LogP contribution in [0.15, 0.2) is 34.9 Å². The molecule has 0 spiro atoms. The zero-order valence-electron chi connectivity index (χ0n) is 16.0. The number of nitrogens with zero attached hydrogens (tertiary/aromatic N) is 4. The lowest BCUT2D eigenvalue weighted by Crippen LogP contribution is -2.33. The molecule has 1 fully saturated rings. The van der Waals surface area contributed by atoms with E-state index < -0.39 is 6.04 Å². The maximum absolute atomic E-state index is 13.5. The molecule has 2 aromatic heterocycles. The molecule has 3 aromatic rings. The highest BCUT2D eigenvalue weighted by molar-refractivity contribution is 5.93. The van der Waals surface area contributed by atoms with Crippen molar-refractivity contribution in [3.63, 3.8) is 0 Å². The van der Waals surface area contributed by atoms with E-state index in [1.54, 1.807) is 23.9 Å². The lowest BCUT2D eigenvalue weighted by atomic mass is 10.0. The van der Waals surface area contributed by atoms with Gasteiger partial charge in [-0.05, 0) is 37.0 Å². The summed E-state index contributed by atoms with van der Waals surface area (Å²) in [5.41, 5.74) is 1.97. The van der Waals surface area contributed by atoms with Gasteiger partial charge in [-0.25, -0.2) is 4.39 Å². The van der Waals surface area contributed by atoms with Crippen molar-refractivity contribution in [2.75, 3.05) is 0 Å². The summed E-state index contributed by atoms with van der Waals surface area (Å²) in [5.74, 6) is 0.434. The Labute approximate surface area is 161 Å². The van der Waals surface area contributed by atoms with Crippen molar-refractivity contribution < 1.29 is 13.7 Å². The van der Waals surface area contributed by atoms with Gasteiger partial charge in [-0.15, -0.1) is 0 Å². The first-order valence-electron chi connectivity index (χ1n) is 9.36. The van der Waals surface area contributed by atoms with Gasteiger partial charge < -0.3 is 9.84 Å². The van der Waals surface area contributed by atoms with Gasteiger partial charge in [0.05, 0.1) is 5.69 Å². The summed E-state index contributed by atoms with van der Waals surface area (Å²) in [7, 11) is 1.76. The fourth-order valence-corrected chi connectivity index (χ4v) is 3.12. The Morgan fingerprint density at radius 2 is 2.11 bits per heavy atom. The minimum atomic E-state index is -0.471. The van der Waals surface area contributed by atoms with Crippen LogP contribution >= 0.6 is 0 Å². The van der Waals surface area contributed by atoms with Crippen molar-refractivity contribution in [3.8, 4) is 11.4 Å². The number of carbonyl (C=O) groups is 1. The van der Waals surface area contributed by atoms with E-state index in [4.69, 9.17) is 4.52 Å². The highest BCUT2D eigenvalue weighted by Gasteiger charge is 2.30. The van der Waals surface area contributed by atoms with Crippen molar-refractivity contribution in [2.45, 2.75) is 38.6 Å². The molecule has 1 saturated carbocycles. The van der Waals surface area contributed by atoms with Crippen LogP contribution < -0.4 is 5.32 Å². The molecule has 7 nitrogen and oxygen atoms in total. The first-order valence-corrected chi connectivity index (χ1v) is 9.36. The molecule has 28 heavy (non-hydrogen) atoms. The largest absolute Gasteiger partial charge is 0.339 e. The molecule has 2 heterocycles. The number of aromatic nitrogens is 4. The minimum absolute atomic E-state index is 0.0147. The quantitative estimate of drug-likeness (QED) is 0.703. The third-order valence-electron chi connectivity index (χ3n) is 4.87. The number of halogens is 1. The summed E-state index contributed by atoms with van der Waals surface area (Å²) < 4.78 is 20.4. The molecule has 8 heteroatoms. The number of carbonyl (C=O) groups excluding carboxylic acids is 1. The highest BCUT2D eigenvalue weighted by atomic mass is 19.1. The minimum Gasteiger partial charge on any atom is -0.339 e. The van der Waals surface area contributed by atoms with Gasteiger partial charge in [-0.3, -0.25) is 9.48 Å². The van der Waals surface area contributed by atoms with Crippen LogP contribution in [0.2, 0.25) is 0 Å². The van der Waals surface area contributed by atoms with Crippen molar-refractivity contribution in [1.82, 2.24) is 25.2 Å². The summed E-state index contributed by atoms with van der Waals surface area (Å²) in [6.07, 6.45) is 2.25. The summed E-state index contributed by atoms with van der Waals surface area (Å²) in [4.78, 5) is 17.2. The molecule has 0 aliphatic heterocycles. The summed E-state index contributed by atoms with van der Waals surface area (Å²) >= 11 is 0. The van der Waals surface area contributed by atoms with Crippen molar-refractivity contribution in [1.29, 1.82) is 0 Å². The van der Waals surface area contributed by atoms with Crippen LogP contribution in [0.25, 0.3) is 11.4 Å². The number of aryl methyl sites for hydroxylation is 1. The zero-order valence-corrected chi connectivity index (χ0v) is 16.0. The predicted molar refractivity (Wildman–Crippen MR) is 99.9 cm³/mol. The average molecular weight is 383 g/mol. The van der Waals surface area contributed by atoms with Crippen LogP contribution in [0, 0.1) is 11.7 Å². The van der Waals surface area contributed by atoms with Gasteiger partial charge >= 0.3 is 0 Å². The zero-order chi connectivity index (χ0) is 19.8. The van der Waals surface area contributed by atoms with E-state index in [2.05, 4.69) is 20.6 Å². The number of nitrogens with one attached hydrogen (secondary N) is 1. The molecule has 0 radical (unpaired) electrons. The third-order valence-corrected chi connectivity index (χ3v) is 4.87. The van der Waals surface area contributed by atoms with Gasteiger partial charge in [0.15, 0.2) is 0 Å². The Morgan fingerprint density at radius 1 is 1.32 bits per heavy atom. The summed E-state index contributed by atoms with van der Waals surface area (Å²) in [5, 5.41) is 11.4. The predicted octanol–water partition coefficient (Wildman–Crippen LogP) is 3.61. The second-order valence-electron chi connectivity index (χ2n) is 7.51. The SMILES string of the molecule is CC(C)[C@@H](NC(=O)c1cc(C2CC2)nn1C)c1nc(-c2cccc(F)c2)no1. The van der Waals surface area contributed by atoms with Crippen LogP contribution in [0.3, 0.4) is 0 Å². The first-order chi connectivity index (χ1) is 13.4. The number of hydrogen-bond acceptors (Lipinski definition) is 5. The number of hydrogen-bond donors (Lipinski definition) is 1. The van der Waals surface area contributed by atoms with E-state index in [1.165, 1.54) is 12.1 Å². The Balaban J connectivity index is 1.55. The van der Waals surface area contributed by atoms with Crippen molar-refractivity contribution >= 4 is 5.91 Å². The molecule has 1 aliphatic rings. The Morgan fingerprint density at radius 3 is 2.79 bits per heavy atom. The maximum atomic E-state index is 13.5. The number of benzene rings is 1. The van der Waals surface area contributed by atoms with E-state index >= 15 is 0 Å². The number of rotatable bonds is 6. The second-order valence-corrected chi connectivity index (χ2v) is 7.51. The van der Waals surface area contributed by atoms with Crippen LogP contribution in [-0.4, -0.2) is 25.8 Å². The standard InChI is InChI=1S/C20H22FN5O2/c1-11(2)17(20-23-18(25-28-20)13-5-4-6-14(21)9-13)22-19(27)16-10-15(12-7-8-12)24-26(16)3/h4-6,9-12,17H,7-8H2,1-3H3,(H,22,27)/t17-/m1/s1. The van der Waals surface area contributed by atoms with Crippen LogP contribution in [-0.2, 0) is 7.05 Å². The second kappa shape index (κ2) is 7.18. The Bertz CT molecular complexity index is 1010. The Kier molecular flexibility index (Phi) is 4.70. The molecule has 4 rings (SSSR count). The molecule has 1 amide bonds. The van der Waals surface area contributed by atoms with E-state index in [-0.39, 0.29) is 29.4 Å². The molecule has 1 atom stereocenters. The lowest BCUT2D eigenvalue weighted by Gasteiger charge is -2.18. The van der Waals surface area contributed by atoms with Crippen molar-refractivity contribution in [3.05, 3.63) is 53.4 Å². The smallest absolute Gasteiger partial charge is 0.270 e. The van der Waals surface area contributed by atoms with E-state index in [0.717, 1.165) is 18.5 Å². The third kappa shape index (κ3) is 3.67. The van der Waals surface area contributed by atoms with Gasteiger partial charge in [0.25, 0.3) is 5.91 Å². The normalized spacial score (nSPS) is 15.0. The van der Waals surface area contributed by atoms with Crippen LogP contribution in [0.5, 0.6) is 0 Å². The molecule has 0 bridgehead atoms. The summed E-state index contributed by atoms with van der Waals surface area (Å²) in [6.45, 7) is 3.91. The maximum Gasteiger partial charge on any atom is 0.270 e. The first kappa shape index (κ1) is 18.3. The van der Waals surface area contributed by atoms with Gasteiger partial charge in [0.2, 0.25) is 11.7 Å². The Hall–Kier alpha value is -3.03. The van der Waals surface area contributed by atoms with Crippen LogP contribution in [0.1, 0.15) is 60.7 Å². The molecule has 1 aliphatic carbocycles. The molecule has 0 saturated heterocycles. The topological polar surface area (TPSA) is 85.8 Å². The van der Waals surface area contributed by atoms with E-state index in [0.29, 0.717) is 17.2 Å². The molecular weight excluding hydrogens is 361 g/mol. The van der Waals surface area contributed by atoms with Crippen molar-refractivity contribution in [2.24, 2.45) is 13.0 Å². The van der Waals surface area contributed by atoms with Gasteiger partial charge in [0.1, 0.15) is 17.6 Å². The van der Waals surface area contributed by atoms with E-state index in [9.17, 15) is 9.18 Å². The monoisotopic (exact) mass is 383 g/mol. The van der Waals surface area contributed by atoms with Crippen LogP contribution in [0.4, 0.5) is 4.39 Å². The molecule has 0 unspecified atom stereocenters. The summed E-state index contributed by atoms with van der Waals surface area (Å²) in [6, 6.07) is 7.36. The number of amides is 1. The van der Waals surface area contributed by atoms with Gasteiger partial charge in [-0.2, -0.15) is 10.1 Å². The molecule has 146 valence electrons. The molecule has 1 aromatic carbocycles. The van der Waals surface area contributed by atoms with Gasteiger partial charge in [0, 0.05) is 18.5 Å². The lowest BCUT2D eigenvalue weighted by molar-refractivity contribution is 0.0904. The fraction of sp³-hybridized carbons (Fsp3) is 0.400. The fourth-order valence-electron chi connectivity index (χ4n) is 3.12. The molecule has 1 N–H and O–H groups in total. The average Bonchev–Trinajstić information content (AvgIpc) is 3.26. The van der Waals surface area contributed by atoms with E-state index in [1.807, 2.05) is 19.9 Å². The van der Waals surface area contributed by atoms with Gasteiger partial charge in [-0.1, -0.05) is 31.1 Å².